The highest BCUT2D eigenvalue weighted by Crippen LogP contribution is 2.18. The predicted molar refractivity (Wildman–Crippen MR) is 82.7 cm³/mol. The number of hydrogen-bond donors (Lipinski definition) is 1. The van der Waals surface area contributed by atoms with Gasteiger partial charge in [0.1, 0.15) is 18.4 Å². The molecule has 0 saturated carbocycles. The number of nitrogens with one attached hydrogen (secondary N) is 1. The Morgan fingerprint density at radius 2 is 2.05 bits per heavy atom. The van der Waals surface area contributed by atoms with Crippen LogP contribution in [0.2, 0.25) is 0 Å². The Hall–Kier alpha value is -2.70. The fourth-order valence-electron chi connectivity index (χ4n) is 2.13. The van der Waals surface area contributed by atoms with E-state index in [2.05, 4.69) is 17.3 Å². The van der Waals surface area contributed by atoms with Crippen LogP contribution in [0.1, 0.15) is 31.9 Å². The van der Waals surface area contributed by atoms with Gasteiger partial charge in [-0.3, -0.25) is 19.6 Å². The predicted octanol–water partition coefficient (Wildman–Crippen LogP) is 2.94. The summed E-state index contributed by atoms with van der Waals surface area (Å²) in [6.07, 6.45) is 3.83. The Bertz CT molecular complexity index is 664. The summed E-state index contributed by atoms with van der Waals surface area (Å²) in [6.45, 7) is 3.89. The summed E-state index contributed by atoms with van der Waals surface area (Å²) in [7, 11) is 0. The van der Waals surface area contributed by atoms with Crippen LogP contribution in [0.5, 0.6) is 0 Å². The first kappa shape index (κ1) is 15.7. The molecule has 0 fully saturated rings. The molecule has 0 aliphatic carbocycles. The third kappa shape index (κ3) is 3.49. The van der Waals surface area contributed by atoms with Gasteiger partial charge in [0, 0.05) is 5.69 Å². The maximum absolute atomic E-state index is 12.3. The lowest BCUT2D eigenvalue weighted by Gasteiger charge is -2.15. The summed E-state index contributed by atoms with van der Waals surface area (Å²) < 4.78 is 1.33. The molecule has 0 aliphatic rings. The van der Waals surface area contributed by atoms with Gasteiger partial charge < -0.3 is 5.32 Å². The molecule has 1 heterocycles. The highest BCUT2D eigenvalue weighted by atomic mass is 16.6. The van der Waals surface area contributed by atoms with Gasteiger partial charge in [-0.25, -0.2) is 0 Å². The van der Waals surface area contributed by atoms with Crippen LogP contribution in [0.15, 0.2) is 36.7 Å². The summed E-state index contributed by atoms with van der Waals surface area (Å²) >= 11 is 0. The molecule has 2 rings (SSSR count). The average Bonchev–Trinajstić information content (AvgIpc) is 2.98. The molecule has 0 saturated heterocycles. The first-order valence-corrected chi connectivity index (χ1v) is 7.13. The zero-order chi connectivity index (χ0) is 16.1. The number of rotatable bonds is 6. The molecule has 7 nitrogen and oxygen atoms in total. The molecule has 1 amide bonds. The second-order valence-electron chi connectivity index (χ2n) is 4.90. The quantitative estimate of drug-likeness (QED) is 0.656. The van der Waals surface area contributed by atoms with Gasteiger partial charge in [0.2, 0.25) is 5.91 Å². The minimum Gasteiger partial charge on any atom is -0.324 e. The van der Waals surface area contributed by atoms with Crippen molar-refractivity contribution in [3.8, 4) is 0 Å². The number of carbonyl (C=O) groups is 1. The van der Waals surface area contributed by atoms with Gasteiger partial charge in [-0.05, 0) is 30.5 Å². The zero-order valence-electron chi connectivity index (χ0n) is 12.5. The Morgan fingerprint density at radius 1 is 1.36 bits per heavy atom. The monoisotopic (exact) mass is 302 g/mol. The van der Waals surface area contributed by atoms with Crippen molar-refractivity contribution in [1.29, 1.82) is 0 Å². The maximum Gasteiger partial charge on any atom is 0.307 e. The number of anilines is 1. The van der Waals surface area contributed by atoms with E-state index in [1.165, 1.54) is 16.4 Å². The number of nitro groups is 1. The Morgan fingerprint density at radius 3 is 2.55 bits per heavy atom. The second kappa shape index (κ2) is 6.84. The Kier molecular flexibility index (Phi) is 4.88. The van der Waals surface area contributed by atoms with Crippen LogP contribution in [-0.4, -0.2) is 20.6 Å². The largest absolute Gasteiger partial charge is 0.324 e. The van der Waals surface area contributed by atoms with Gasteiger partial charge in [-0.2, -0.15) is 5.10 Å². The summed E-state index contributed by atoms with van der Waals surface area (Å²) in [5, 5.41) is 17.4. The van der Waals surface area contributed by atoms with Crippen LogP contribution in [-0.2, 0) is 11.2 Å². The number of aryl methyl sites for hydroxylation is 1. The van der Waals surface area contributed by atoms with E-state index in [-0.39, 0.29) is 11.6 Å². The Labute approximate surface area is 128 Å². The standard InChI is InChI=1S/C15H18N4O3/c1-3-11-5-7-12(8-6-11)17-15(20)14(4-2)18-10-13(9-16-18)19(21)22/h5-10,14H,3-4H2,1-2H3,(H,17,20). The van der Waals surface area contributed by atoms with Gasteiger partial charge in [-0.1, -0.05) is 26.0 Å². The topological polar surface area (TPSA) is 90.1 Å². The van der Waals surface area contributed by atoms with Crippen molar-refractivity contribution < 1.29 is 9.72 Å². The van der Waals surface area contributed by atoms with E-state index in [0.717, 1.165) is 12.6 Å². The van der Waals surface area contributed by atoms with Crippen LogP contribution < -0.4 is 5.32 Å². The molecular weight excluding hydrogens is 284 g/mol. The van der Waals surface area contributed by atoms with E-state index in [1.54, 1.807) is 0 Å². The van der Waals surface area contributed by atoms with Crippen molar-refractivity contribution in [2.24, 2.45) is 0 Å². The molecule has 1 unspecified atom stereocenters. The van der Waals surface area contributed by atoms with Gasteiger partial charge in [-0.15, -0.1) is 0 Å². The van der Waals surface area contributed by atoms with Crippen LogP contribution in [0, 0.1) is 10.1 Å². The molecule has 1 N–H and O–H groups in total. The molecule has 116 valence electrons. The molecule has 2 aromatic rings. The van der Waals surface area contributed by atoms with Crippen LogP contribution in [0.3, 0.4) is 0 Å². The van der Waals surface area contributed by atoms with Crippen LogP contribution in [0.4, 0.5) is 11.4 Å². The fourth-order valence-corrected chi connectivity index (χ4v) is 2.13. The third-order valence-electron chi connectivity index (χ3n) is 3.44. The molecular formula is C15H18N4O3. The molecule has 0 spiro atoms. The zero-order valence-corrected chi connectivity index (χ0v) is 12.5. The van der Waals surface area contributed by atoms with E-state index in [4.69, 9.17) is 0 Å². The van der Waals surface area contributed by atoms with Gasteiger partial charge in [0.05, 0.1) is 4.92 Å². The van der Waals surface area contributed by atoms with Crippen molar-refractivity contribution in [3.63, 3.8) is 0 Å². The molecule has 7 heteroatoms. The normalized spacial score (nSPS) is 11.9. The number of benzene rings is 1. The third-order valence-corrected chi connectivity index (χ3v) is 3.44. The maximum atomic E-state index is 12.3. The molecule has 1 atom stereocenters. The molecule has 1 aromatic heterocycles. The average molecular weight is 302 g/mol. The molecule has 0 aliphatic heterocycles. The minimum atomic E-state index is -0.584. The highest BCUT2D eigenvalue weighted by Gasteiger charge is 2.21. The molecule has 1 aromatic carbocycles. The number of carbonyl (C=O) groups excluding carboxylic acids is 1. The fraction of sp³-hybridized carbons (Fsp3) is 0.333. The van der Waals surface area contributed by atoms with E-state index < -0.39 is 11.0 Å². The van der Waals surface area contributed by atoms with E-state index in [9.17, 15) is 14.9 Å². The van der Waals surface area contributed by atoms with Crippen molar-refractivity contribution >= 4 is 17.3 Å². The second-order valence-corrected chi connectivity index (χ2v) is 4.90. The van der Waals surface area contributed by atoms with Crippen molar-refractivity contribution in [3.05, 3.63) is 52.3 Å². The lowest BCUT2D eigenvalue weighted by molar-refractivity contribution is -0.385. The summed E-state index contributed by atoms with van der Waals surface area (Å²) in [5.74, 6) is -0.246. The minimum absolute atomic E-state index is 0.126. The lowest BCUT2D eigenvalue weighted by Crippen LogP contribution is -2.25. The SMILES string of the molecule is CCc1ccc(NC(=O)C(CC)n2cc([N+](=O)[O-])cn2)cc1. The van der Waals surface area contributed by atoms with Gasteiger partial charge >= 0.3 is 5.69 Å². The summed E-state index contributed by atoms with van der Waals surface area (Å²) in [4.78, 5) is 22.5. The number of nitrogens with zero attached hydrogens (tertiary/aromatic N) is 3. The van der Waals surface area contributed by atoms with E-state index in [1.807, 2.05) is 31.2 Å². The smallest absolute Gasteiger partial charge is 0.307 e. The summed E-state index contributed by atoms with van der Waals surface area (Å²) in [6, 6.07) is 7.01. The first-order chi connectivity index (χ1) is 10.5. The van der Waals surface area contributed by atoms with E-state index >= 15 is 0 Å². The van der Waals surface area contributed by atoms with Crippen molar-refractivity contribution in [1.82, 2.24) is 9.78 Å². The number of hydrogen-bond acceptors (Lipinski definition) is 4. The summed E-state index contributed by atoms with van der Waals surface area (Å²) in [5.41, 5.74) is 1.76. The van der Waals surface area contributed by atoms with Gasteiger partial charge in [0.15, 0.2) is 0 Å². The number of aromatic nitrogens is 2. The van der Waals surface area contributed by atoms with Crippen LogP contribution in [0.25, 0.3) is 0 Å². The van der Waals surface area contributed by atoms with Crippen molar-refractivity contribution in [2.45, 2.75) is 32.7 Å². The molecule has 0 radical (unpaired) electrons. The molecule has 0 bridgehead atoms. The Balaban J connectivity index is 2.11. The highest BCUT2D eigenvalue weighted by molar-refractivity contribution is 5.93. The first-order valence-electron chi connectivity index (χ1n) is 7.13. The van der Waals surface area contributed by atoms with Crippen molar-refractivity contribution in [2.75, 3.05) is 5.32 Å². The lowest BCUT2D eigenvalue weighted by atomic mass is 10.1. The van der Waals surface area contributed by atoms with Crippen LogP contribution >= 0.6 is 0 Å². The molecule has 22 heavy (non-hydrogen) atoms. The number of amides is 1. The van der Waals surface area contributed by atoms with Gasteiger partial charge in [0.25, 0.3) is 0 Å². The van der Waals surface area contributed by atoms with E-state index in [0.29, 0.717) is 12.1 Å².